The average Bonchev–Trinajstić information content (AvgIpc) is 2.99. The highest BCUT2D eigenvalue weighted by Gasteiger charge is 2.04. The lowest BCUT2D eigenvalue weighted by Gasteiger charge is -2.08. The Morgan fingerprint density at radius 1 is 1.12 bits per heavy atom. The molecule has 0 aliphatic heterocycles. The van der Waals surface area contributed by atoms with Gasteiger partial charge in [-0.15, -0.1) is 36.2 Å². The number of hydrogen-bond acceptors (Lipinski definition) is 5. The molecule has 3 N–H and O–H groups in total. The van der Waals surface area contributed by atoms with E-state index >= 15 is 0 Å². The van der Waals surface area contributed by atoms with Gasteiger partial charge in [-0.05, 0) is 48.2 Å². The summed E-state index contributed by atoms with van der Waals surface area (Å²) in [6.45, 7) is 2.43. The normalized spacial score (nSPS) is 10.2. The SMILES string of the molecule is Cl.Cl.O=c1[nH]c(NCCCNCc2cc(Br)cc(Br)c2)nc2ccsc12. The zero-order valence-electron chi connectivity index (χ0n) is 13.6. The number of benzene rings is 1. The van der Waals surface area contributed by atoms with Crippen LogP contribution < -0.4 is 16.2 Å². The van der Waals surface area contributed by atoms with E-state index in [-0.39, 0.29) is 30.4 Å². The van der Waals surface area contributed by atoms with Crippen molar-refractivity contribution in [1.82, 2.24) is 15.3 Å². The summed E-state index contributed by atoms with van der Waals surface area (Å²) in [5.41, 5.74) is 1.87. The molecular formula is C16H18Br2Cl2N4OS. The van der Waals surface area contributed by atoms with E-state index in [0.29, 0.717) is 10.6 Å². The van der Waals surface area contributed by atoms with Crippen LogP contribution in [0.25, 0.3) is 10.2 Å². The van der Waals surface area contributed by atoms with Crippen LogP contribution >= 0.6 is 68.0 Å². The molecule has 5 nitrogen and oxygen atoms in total. The van der Waals surface area contributed by atoms with Gasteiger partial charge in [-0.1, -0.05) is 31.9 Å². The number of fused-ring (bicyclic) bond motifs is 1. The zero-order chi connectivity index (χ0) is 16.9. The van der Waals surface area contributed by atoms with E-state index in [1.165, 1.54) is 16.9 Å². The molecule has 26 heavy (non-hydrogen) atoms. The van der Waals surface area contributed by atoms with Crippen molar-refractivity contribution in [2.75, 3.05) is 18.4 Å². The second-order valence-corrected chi connectivity index (χ2v) is 8.03. The van der Waals surface area contributed by atoms with Gasteiger partial charge in [0, 0.05) is 22.0 Å². The van der Waals surface area contributed by atoms with Crippen molar-refractivity contribution in [3.63, 3.8) is 0 Å². The number of aromatic nitrogens is 2. The van der Waals surface area contributed by atoms with Crippen LogP contribution in [-0.2, 0) is 6.54 Å². The third-order valence-corrected chi connectivity index (χ3v) is 5.21. The summed E-state index contributed by atoms with van der Waals surface area (Å²) in [6.07, 6.45) is 0.931. The Kier molecular flexibility index (Phi) is 10.1. The fraction of sp³-hybridized carbons (Fsp3) is 0.250. The first-order valence-corrected chi connectivity index (χ1v) is 9.95. The number of thiophene rings is 1. The quantitative estimate of drug-likeness (QED) is 0.368. The number of aromatic amines is 1. The van der Waals surface area contributed by atoms with Gasteiger partial charge in [0.2, 0.25) is 5.95 Å². The predicted molar refractivity (Wildman–Crippen MR) is 121 cm³/mol. The Labute approximate surface area is 184 Å². The summed E-state index contributed by atoms with van der Waals surface area (Å²) in [4.78, 5) is 19.0. The zero-order valence-corrected chi connectivity index (χ0v) is 19.2. The molecule has 0 unspecified atom stereocenters. The summed E-state index contributed by atoms with van der Waals surface area (Å²) in [6, 6.07) is 8.07. The van der Waals surface area contributed by atoms with E-state index in [0.717, 1.165) is 40.5 Å². The van der Waals surface area contributed by atoms with Crippen molar-refractivity contribution >= 4 is 84.2 Å². The van der Waals surface area contributed by atoms with Gasteiger partial charge in [-0.2, -0.15) is 0 Å². The van der Waals surface area contributed by atoms with Crippen LogP contribution in [0.1, 0.15) is 12.0 Å². The molecule has 0 saturated heterocycles. The molecule has 0 aliphatic carbocycles. The van der Waals surface area contributed by atoms with Crippen LogP contribution in [0.4, 0.5) is 5.95 Å². The summed E-state index contributed by atoms with van der Waals surface area (Å²) < 4.78 is 2.80. The monoisotopic (exact) mass is 542 g/mol. The predicted octanol–water partition coefficient (Wildman–Crippen LogP) is 4.95. The Morgan fingerprint density at radius 2 is 1.85 bits per heavy atom. The van der Waals surface area contributed by atoms with Crippen LogP contribution in [0.3, 0.4) is 0 Å². The van der Waals surface area contributed by atoms with Crippen molar-refractivity contribution in [2.45, 2.75) is 13.0 Å². The molecule has 0 amide bonds. The Morgan fingerprint density at radius 3 is 2.58 bits per heavy atom. The molecule has 0 aliphatic rings. The maximum Gasteiger partial charge on any atom is 0.270 e. The van der Waals surface area contributed by atoms with E-state index in [1.807, 2.05) is 17.5 Å². The Bertz CT molecular complexity index is 883. The van der Waals surface area contributed by atoms with E-state index in [4.69, 9.17) is 0 Å². The van der Waals surface area contributed by atoms with Crippen LogP contribution in [0.2, 0.25) is 0 Å². The van der Waals surface area contributed by atoms with Crippen molar-refractivity contribution in [1.29, 1.82) is 0 Å². The van der Waals surface area contributed by atoms with Crippen LogP contribution in [0.5, 0.6) is 0 Å². The molecule has 3 aromatic rings. The molecule has 0 spiro atoms. The van der Waals surface area contributed by atoms with Crippen LogP contribution in [0.15, 0.2) is 43.4 Å². The Balaban J connectivity index is 0.00000169. The van der Waals surface area contributed by atoms with Gasteiger partial charge in [0.05, 0.1) is 5.52 Å². The number of anilines is 1. The Hall–Kier alpha value is -0.640. The van der Waals surface area contributed by atoms with Gasteiger partial charge in [-0.3, -0.25) is 9.78 Å². The molecule has 0 bridgehead atoms. The van der Waals surface area contributed by atoms with Gasteiger partial charge >= 0.3 is 0 Å². The van der Waals surface area contributed by atoms with E-state index in [9.17, 15) is 4.79 Å². The lowest BCUT2D eigenvalue weighted by Crippen LogP contribution is -2.19. The first-order chi connectivity index (χ1) is 11.6. The number of rotatable bonds is 7. The summed E-state index contributed by atoms with van der Waals surface area (Å²) in [5, 5.41) is 8.45. The minimum Gasteiger partial charge on any atom is -0.356 e. The minimum atomic E-state index is -0.0872. The third-order valence-electron chi connectivity index (χ3n) is 3.39. The van der Waals surface area contributed by atoms with Gasteiger partial charge in [0.25, 0.3) is 5.56 Å². The number of nitrogens with zero attached hydrogens (tertiary/aromatic N) is 1. The number of nitrogens with one attached hydrogen (secondary N) is 3. The smallest absolute Gasteiger partial charge is 0.270 e. The van der Waals surface area contributed by atoms with Crippen molar-refractivity contribution in [3.8, 4) is 0 Å². The van der Waals surface area contributed by atoms with Crippen molar-refractivity contribution in [3.05, 3.63) is 54.5 Å². The number of hydrogen-bond donors (Lipinski definition) is 3. The minimum absolute atomic E-state index is 0. The topological polar surface area (TPSA) is 69.8 Å². The van der Waals surface area contributed by atoms with Gasteiger partial charge in [-0.25, -0.2) is 4.98 Å². The highest BCUT2D eigenvalue weighted by atomic mass is 79.9. The molecule has 0 atom stereocenters. The molecule has 0 radical (unpaired) electrons. The molecule has 142 valence electrons. The average molecular weight is 545 g/mol. The van der Waals surface area contributed by atoms with Gasteiger partial charge in [0.1, 0.15) is 4.70 Å². The largest absolute Gasteiger partial charge is 0.356 e. The highest BCUT2D eigenvalue weighted by Crippen LogP contribution is 2.20. The molecule has 2 heterocycles. The van der Waals surface area contributed by atoms with Gasteiger partial charge < -0.3 is 10.6 Å². The molecule has 3 rings (SSSR count). The molecule has 10 heteroatoms. The molecule has 1 aromatic carbocycles. The van der Waals surface area contributed by atoms with Crippen LogP contribution in [0, 0.1) is 0 Å². The summed E-state index contributed by atoms with van der Waals surface area (Å²) in [7, 11) is 0. The molecule has 2 aromatic heterocycles. The fourth-order valence-electron chi connectivity index (χ4n) is 2.32. The van der Waals surface area contributed by atoms with Crippen molar-refractivity contribution in [2.24, 2.45) is 0 Å². The fourth-order valence-corrected chi connectivity index (χ4v) is 4.44. The van der Waals surface area contributed by atoms with E-state index < -0.39 is 0 Å². The number of H-pyrrole nitrogens is 1. The summed E-state index contributed by atoms with van der Waals surface area (Å²) in [5.74, 6) is 0.529. The standard InChI is InChI=1S/C16H16Br2N4OS.2ClH/c17-11-6-10(7-12(18)8-11)9-19-3-1-4-20-16-21-13-2-5-24-14(13)15(23)22-16;;/h2,5-8,19H,1,3-4,9H2,(H2,20,21,22,23);2*1H. The van der Waals surface area contributed by atoms with E-state index in [1.54, 1.807) is 0 Å². The first-order valence-electron chi connectivity index (χ1n) is 7.49. The molecule has 0 fully saturated rings. The summed E-state index contributed by atoms with van der Waals surface area (Å²) >= 11 is 8.39. The van der Waals surface area contributed by atoms with Crippen molar-refractivity contribution < 1.29 is 0 Å². The van der Waals surface area contributed by atoms with Gasteiger partial charge in [0.15, 0.2) is 0 Å². The maximum atomic E-state index is 11.9. The second-order valence-electron chi connectivity index (χ2n) is 5.28. The van der Waals surface area contributed by atoms with Crippen LogP contribution in [-0.4, -0.2) is 23.1 Å². The lowest BCUT2D eigenvalue weighted by molar-refractivity contribution is 0.662. The molecular weight excluding hydrogens is 527 g/mol. The maximum absolute atomic E-state index is 11.9. The van der Waals surface area contributed by atoms with E-state index in [2.05, 4.69) is 64.6 Å². The first kappa shape index (κ1) is 23.4. The number of halogens is 4. The molecule has 0 saturated carbocycles. The highest BCUT2D eigenvalue weighted by molar-refractivity contribution is 9.11. The second kappa shape index (κ2) is 11.3. The third kappa shape index (κ3) is 6.51. The lowest BCUT2D eigenvalue weighted by atomic mass is 10.2.